The molecule has 0 atom stereocenters. The van der Waals surface area contributed by atoms with Gasteiger partial charge in [0, 0.05) is 26.0 Å². The minimum absolute atomic E-state index is 0.223. The van der Waals surface area contributed by atoms with Gasteiger partial charge in [0.1, 0.15) is 5.69 Å². The summed E-state index contributed by atoms with van der Waals surface area (Å²) in [5, 5.41) is 2.79. The van der Waals surface area contributed by atoms with E-state index in [1.807, 2.05) is 24.6 Å². The molecule has 4 aromatic rings. The van der Waals surface area contributed by atoms with Crippen LogP contribution in [0.5, 0.6) is 5.75 Å². The number of hydrogen-bond donors (Lipinski definition) is 2. The Bertz CT molecular complexity index is 1250. The Morgan fingerprint density at radius 2 is 2.07 bits per heavy atom. The number of nitrogens with two attached hydrogens (primary N) is 1. The number of fused-ring (bicyclic) bond motifs is 1. The van der Waals surface area contributed by atoms with Crippen molar-refractivity contribution in [2.75, 3.05) is 11.9 Å². The quantitative estimate of drug-likeness (QED) is 0.510. The van der Waals surface area contributed by atoms with Gasteiger partial charge in [0.25, 0.3) is 11.8 Å². The fourth-order valence-electron chi connectivity index (χ4n) is 3.42. The Hall–Kier alpha value is -4.01. The Labute approximate surface area is 172 Å². The van der Waals surface area contributed by atoms with Gasteiger partial charge in [0.15, 0.2) is 17.3 Å². The average Bonchev–Trinajstić information content (AvgIpc) is 3.41. The molecule has 1 aromatic carbocycles. The molecule has 2 amide bonds. The van der Waals surface area contributed by atoms with Crippen molar-refractivity contribution in [3.05, 3.63) is 54.1 Å². The van der Waals surface area contributed by atoms with E-state index in [1.165, 1.54) is 6.26 Å². The average molecular weight is 407 g/mol. The van der Waals surface area contributed by atoms with Gasteiger partial charge in [-0.1, -0.05) is 0 Å². The third-order valence-corrected chi connectivity index (χ3v) is 4.78. The van der Waals surface area contributed by atoms with E-state index in [2.05, 4.69) is 5.32 Å². The predicted molar refractivity (Wildman–Crippen MR) is 111 cm³/mol. The number of aromatic nitrogens is 3. The van der Waals surface area contributed by atoms with Gasteiger partial charge in [-0.15, -0.1) is 0 Å². The summed E-state index contributed by atoms with van der Waals surface area (Å²) in [6.45, 7) is 2.22. The Morgan fingerprint density at radius 1 is 1.27 bits per heavy atom. The smallest absolute Gasteiger partial charge is 0.291 e. The Balaban J connectivity index is 1.77. The molecule has 3 aromatic heterocycles. The number of hydrogen-bond acceptors (Lipinski definition) is 5. The Morgan fingerprint density at radius 3 is 2.73 bits per heavy atom. The topological polar surface area (TPSA) is 117 Å². The maximum absolute atomic E-state index is 12.2. The van der Waals surface area contributed by atoms with Gasteiger partial charge < -0.3 is 29.3 Å². The minimum Gasteiger partial charge on any atom is -0.491 e. The number of benzene rings is 1. The van der Waals surface area contributed by atoms with Gasteiger partial charge in [0.05, 0.1) is 29.5 Å². The van der Waals surface area contributed by atoms with Crippen LogP contribution in [-0.2, 0) is 14.1 Å². The number of nitrogens with zero attached hydrogens (tertiary/aromatic N) is 3. The largest absolute Gasteiger partial charge is 0.491 e. The molecule has 0 spiro atoms. The SMILES string of the molecule is CCOc1c(C(N)=O)cn(C)c1-c1nc2cc(NC(=O)c3ccco3)ccc2n1C. The monoisotopic (exact) mass is 407 g/mol. The van der Waals surface area contributed by atoms with E-state index in [-0.39, 0.29) is 11.7 Å². The van der Waals surface area contributed by atoms with Crippen LogP contribution in [0.2, 0.25) is 0 Å². The predicted octanol–water partition coefficient (Wildman–Crippen LogP) is 2.92. The van der Waals surface area contributed by atoms with E-state index >= 15 is 0 Å². The fraction of sp³-hybridized carbons (Fsp3) is 0.190. The van der Waals surface area contributed by atoms with Crippen LogP contribution in [0.4, 0.5) is 5.69 Å². The molecule has 30 heavy (non-hydrogen) atoms. The number of aryl methyl sites for hydroxylation is 2. The maximum atomic E-state index is 12.2. The lowest BCUT2D eigenvalue weighted by Crippen LogP contribution is -2.11. The van der Waals surface area contributed by atoms with Crippen molar-refractivity contribution in [2.24, 2.45) is 19.8 Å². The standard InChI is InChI=1S/C21H21N5O4/c1-4-29-18-13(19(22)27)11-25(2)17(18)20-24-14-10-12(7-8-15(14)26(20)3)23-21(28)16-6-5-9-30-16/h5-11H,4H2,1-3H3,(H2,22,27)(H,23,28). The summed E-state index contributed by atoms with van der Waals surface area (Å²) in [7, 11) is 3.68. The number of ether oxygens (including phenoxy) is 1. The summed E-state index contributed by atoms with van der Waals surface area (Å²) >= 11 is 0. The van der Waals surface area contributed by atoms with Crippen LogP contribution in [0, 0.1) is 0 Å². The van der Waals surface area contributed by atoms with Crippen LogP contribution in [0.1, 0.15) is 27.8 Å². The van der Waals surface area contributed by atoms with Crippen LogP contribution in [-0.4, -0.2) is 32.5 Å². The third-order valence-electron chi connectivity index (χ3n) is 4.78. The number of primary amides is 1. The summed E-state index contributed by atoms with van der Waals surface area (Å²) in [4.78, 5) is 28.8. The summed E-state index contributed by atoms with van der Waals surface area (Å²) in [6, 6.07) is 8.67. The second kappa shape index (κ2) is 7.43. The van der Waals surface area contributed by atoms with Crippen LogP contribution in [0.3, 0.4) is 0 Å². The van der Waals surface area contributed by atoms with Crippen LogP contribution >= 0.6 is 0 Å². The molecule has 0 aliphatic heterocycles. The van der Waals surface area contributed by atoms with E-state index in [9.17, 15) is 9.59 Å². The highest BCUT2D eigenvalue weighted by atomic mass is 16.5. The second-order valence-electron chi connectivity index (χ2n) is 6.76. The number of nitrogens with one attached hydrogen (secondary N) is 1. The van der Waals surface area contributed by atoms with Crippen LogP contribution in [0.15, 0.2) is 47.2 Å². The molecule has 9 nitrogen and oxygen atoms in total. The second-order valence-corrected chi connectivity index (χ2v) is 6.76. The lowest BCUT2D eigenvalue weighted by molar-refractivity contribution is 0.0989. The molecule has 0 aliphatic rings. The molecule has 0 saturated heterocycles. The van der Waals surface area contributed by atoms with Crippen molar-refractivity contribution >= 4 is 28.5 Å². The highest BCUT2D eigenvalue weighted by Gasteiger charge is 2.24. The van der Waals surface area contributed by atoms with E-state index < -0.39 is 5.91 Å². The first kappa shape index (κ1) is 19.3. The molecule has 0 saturated carbocycles. The molecule has 0 fully saturated rings. The first-order valence-corrected chi connectivity index (χ1v) is 9.34. The zero-order chi connectivity index (χ0) is 21.4. The van der Waals surface area contributed by atoms with Crippen LogP contribution in [0.25, 0.3) is 22.6 Å². The number of imidazole rings is 1. The highest BCUT2D eigenvalue weighted by molar-refractivity contribution is 6.03. The van der Waals surface area contributed by atoms with Gasteiger partial charge in [-0.25, -0.2) is 4.98 Å². The van der Waals surface area contributed by atoms with Crippen molar-refractivity contribution < 1.29 is 18.7 Å². The number of rotatable bonds is 6. The third kappa shape index (κ3) is 3.20. The van der Waals surface area contributed by atoms with Crippen molar-refractivity contribution in [3.8, 4) is 17.3 Å². The van der Waals surface area contributed by atoms with E-state index in [0.717, 1.165) is 5.52 Å². The van der Waals surface area contributed by atoms with E-state index in [0.29, 0.717) is 40.6 Å². The molecule has 4 rings (SSSR count). The van der Waals surface area contributed by atoms with Crippen LogP contribution < -0.4 is 15.8 Å². The molecule has 154 valence electrons. The molecular weight excluding hydrogens is 386 g/mol. The lowest BCUT2D eigenvalue weighted by Gasteiger charge is -2.09. The van der Waals surface area contributed by atoms with Crippen molar-refractivity contribution in [1.82, 2.24) is 14.1 Å². The zero-order valence-electron chi connectivity index (χ0n) is 16.8. The first-order chi connectivity index (χ1) is 14.4. The number of anilines is 1. The molecular formula is C21H21N5O4. The van der Waals surface area contributed by atoms with Crippen molar-refractivity contribution in [1.29, 1.82) is 0 Å². The highest BCUT2D eigenvalue weighted by Crippen LogP contribution is 2.36. The number of furan rings is 1. The molecule has 0 aliphatic carbocycles. The molecule has 0 bridgehead atoms. The number of amides is 2. The normalized spacial score (nSPS) is 11.0. The van der Waals surface area contributed by atoms with Gasteiger partial charge in [-0.05, 0) is 37.3 Å². The van der Waals surface area contributed by atoms with Crippen molar-refractivity contribution in [2.45, 2.75) is 6.92 Å². The van der Waals surface area contributed by atoms with E-state index in [1.54, 1.807) is 42.1 Å². The zero-order valence-corrected chi connectivity index (χ0v) is 16.8. The molecule has 3 N–H and O–H groups in total. The fourth-order valence-corrected chi connectivity index (χ4v) is 3.42. The van der Waals surface area contributed by atoms with Gasteiger partial charge >= 0.3 is 0 Å². The number of carbonyl (C=O) groups excluding carboxylic acids is 2. The maximum Gasteiger partial charge on any atom is 0.291 e. The van der Waals surface area contributed by atoms with Gasteiger partial charge in [-0.2, -0.15) is 0 Å². The summed E-state index contributed by atoms with van der Waals surface area (Å²) in [5.74, 6) is 0.320. The number of carbonyl (C=O) groups is 2. The van der Waals surface area contributed by atoms with Gasteiger partial charge in [-0.3, -0.25) is 9.59 Å². The summed E-state index contributed by atoms with van der Waals surface area (Å²) in [6.07, 6.45) is 3.08. The summed E-state index contributed by atoms with van der Waals surface area (Å²) < 4.78 is 14.5. The summed E-state index contributed by atoms with van der Waals surface area (Å²) in [5.41, 5.74) is 8.57. The molecule has 3 heterocycles. The Kier molecular flexibility index (Phi) is 4.78. The lowest BCUT2D eigenvalue weighted by atomic mass is 10.2. The minimum atomic E-state index is -0.568. The molecule has 9 heteroatoms. The molecule has 0 unspecified atom stereocenters. The first-order valence-electron chi connectivity index (χ1n) is 9.34. The van der Waals surface area contributed by atoms with Gasteiger partial charge in [0.2, 0.25) is 0 Å². The van der Waals surface area contributed by atoms with Crippen molar-refractivity contribution in [3.63, 3.8) is 0 Å². The van der Waals surface area contributed by atoms with E-state index in [4.69, 9.17) is 19.9 Å². The molecule has 0 radical (unpaired) electrons.